The number of nitrogens with two attached hydrogens (primary N) is 1. The van der Waals surface area contributed by atoms with Crippen molar-refractivity contribution in [3.05, 3.63) is 41.0 Å². The lowest BCUT2D eigenvalue weighted by Gasteiger charge is -2.21. The Balaban J connectivity index is 1.97. The van der Waals surface area contributed by atoms with Gasteiger partial charge in [-0.1, -0.05) is 0 Å². The number of rotatable bonds is 2. The SMILES string of the molecule is Cc1cc2c(n1Cc1cnn(C)c1)CCCC2N. The van der Waals surface area contributed by atoms with Crippen LogP contribution in [0.1, 0.15) is 41.4 Å². The number of aryl methyl sites for hydroxylation is 2. The Bertz CT molecular complexity index is 564. The monoisotopic (exact) mass is 244 g/mol. The van der Waals surface area contributed by atoms with Gasteiger partial charge in [0, 0.05) is 36.2 Å². The van der Waals surface area contributed by atoms with Gasteiger partial charge in [-0.05, 0) is 37.8 Å². The average Bonchev–Trinajstić information content (AvgIpc) is 2.87. The first-order valence-electron chi connectivity index (χ1n) is 6.57. The van der Waals surface area contributed by atoms with E-state index in [2.05, 4.69) is 28.9 Å². The summed E-state index contributed by atoms with van der Waals surface area (Å²) in [4.78, 5) is 0. The Morgan fingerprint density at radius 2 is 2.33 bits per heavy atom. The first-order valence-corrected chi connectivity index (χ1v) is 6.57. The summed E-state index contributed by atoms with van der Waals surface area (Å²) in [7, 11) is 1.96. The van der Waals surface area contributed by atoms with E-state index in [-0.39, 0.29) is 6.04 Å². The molecule has 0 aliphatic heterocycles. The van der Waals surface area contributed by atoms with E-state index >= 15 is 0 Å². The Morgan fingerprint density at radius 1 is 1.50 bits per heavy atom. The second kappa shape index (κ2) is 4.28. The number of hydrogen-bond donors (Lipinski definition) is 1. The minimum Gasteiger partial charge on any atom is -0.344 e. The van der Waals surface area contributed by atoms with E-state index in [0.717, 1.165) is 19.4 Å². The topological polar surface area (TPSA) is 48.8 Å². The van der Waals surface area contributed by atoms with Gasteiger partial charge < -0.3 is 10.3 Å². The molecule has 0 aromatic carbocycles. The maximum Gasteiger partial charge on any atom is 0.0539 e. The van der Waals surface area contributed by atoms with Crippen LogP contribution in [0, 0.1) is 6.92 Å². The highest BCUT2D eigenvalue weighted by molar-refractivity contribution is 5.33. The van der Waals surface area contributed by atoms with E-state index in [1.165, 1.54) is 28.9 Å². The van der Waals surface area contributed by atoms with Crippen molar-refractivity contribution < 1.29 is 0 Å². The number of fused-ring (bicyclic) bond motifs is 1. The minimum absolute atomic E-state index is 0.225. The molecule has 3 rings (SSSR count). The third-order valence-electron chi connectivity index (χ3n) is 3.88. The van der Waals surface area contributed by atoms with Gasteiger partial charge >= 0.3 is 0 Å². The first-order chi connectivity index (χ1) is 8.65. The summed E-state index contributed by atoms with van der Waals surface area (Å²) < 4.78 is 4.25. The van der Waals surface area contributed by atoms with Gasteiger partial charge in [-0.25, -0.2) is 0 Å². The largest absolute Gasteiger partial charge is 0.344 e. The maximum absolute atomic E-state index is 6.20. The predicted octanol–water partition coefficient (Wildman–Crippen LogP) is 1.91. The Kier molecular flexibility index (Phi) is 2.74. The molecule has 0 radical (unpaired) electrons. The summed E-state index contributed by atoms with van der Waals surface area (Å²) in [5, 5.41) is 4.23. The van der Waals surface area contributed by atoms with Crippen LogP contribution in [0.25, 0.3) is 0 Å². The van der Waals surface area contributed by atoms with Crippen molar-refractivity contribution in [3.8, 4) is 0 Å². The normalized spacial score (nSPS) is 18.9. The van der Waals surface area contributed by atoms with Gasteiger partial charge in [0.15, 0.2) is 0 Å². The summed E-state index contributed by atoms with van der Waals surface area (Å²) in [6.45, 7) is 3.07. The van der Waals surface area contributed by atoms with E-state index < -0.39 is 0 Å². The smallest absolute Gasteiger partial charge is 0.0539 e. The molecule has 2 N–H and O–H groups in total. The predicted molar refractivity (Wildman–Crippen MR) is 71.3 cm³/mol. The van der Waals surface area contributed by atoms with Crippen molar-refractivity contribution in [1.82, 2.24) is 14.3 Å². The molecule has 4 heteroatoms. The van der Waals surface area contributed by atoms with Crippen LogP contribution in [0.3, 0.4) is 0 Å². The molecule has 1 atom stereocenters. The van der Waals surface area contributed by atoms with Gasteiger partial charge in [0.05, 0.1) is 12.7 Å². The molecule has 0 saturated carbocycles. The number of hydrogen-bond acceptors (Lipinski definition) is 2. The fraction of sp³-hybridized carbons (Fsp3) is 0.500. The van der Waals surface area contributed by atoms with Crippen LogP contribution in [0.5, 0.6) is 0 Å². The molecule has 1 aliphatic rings. The highest BCUT2D eigenvalue weighted by Gasteiger charge is 2.22. The van der Waals surface area contributed by atoms with E-state index in [0.29, 0.717) is 0 Å². The van der Waals surface area contributed by atoms with Gasteiger partial charge in [-0.15, -0.1) is 0 Å². The highest BCUT2D eigenvalue weighted by atomic mass is 15.2. The van der Waals surface area contributed by atoms with Gasteiger partial charge in [0.25, 0.3) is 0 Å². The van der Waals surface area contributed by atoms with Crippen molar-refractivity contribution in [3.63, 3.8) is 0 Å². The molecule has 0 fully saturated rings. The van der Waals surface area contributed by atoms with Crippen LogP contribution in [-0.4, -0.2) is 14.3 Å². The molecular formula is C14H20N4. The summed E-state index contributed by atoms with van der Waals surface area (Å²) in [6.07, 6.45) is 7.48. The quantitative estimate of drug-likeness (QED) is 0.877. The number of nitrogens with zero attached hydrogens (tertiary/aromatic N) is 3. The maximum atomic E-state index is 6.20. The van der Waals surface area contributed by atoms with Crippen molar-refractivity contribution in [2.24, 2.45) is 12.8 Å². The first kappa shape index (κ1) is 11.5. The van der Waals surface area contributed by atoms with Crippen molar-refractivity contribution >= 4 is 0 Å². The van der Waals surface area contributed by atoms with Crippen LogP contribution >= 0.6 is 0 Å². The van der Waals surface area contributed by atoms with Crippen LogP contribution in [0.4, 0.5) is 0 Å². The summed E-state index contributed by atoms with van der Waals surface area (Å²) in [5.74, 6) is 0. The van der Waals surface area contributed by atoms with Crippen LogP contribution in [-0.2, 0) is 20.0 Å². The molecule has 0 saturated heterocycles. The van der Waals surface area contributed by atoms with Crippen molar-refractivity contribution in [2.45, 2.75) is 38.8 Å². The Morgan fingerprint density at radius 3 is 3.06 bits per heavy atom. The van der Waals surface area contributed by atoms with E-state index in [1.54, 1.807) is 0 Å². The molecule has 18 heavy (non-hydrogen) atoms. The molecule has 1 aliphatic carbocycles. The average molecular weight is 244 g/mol. The van der Waals surface area contributed by atoms with E-state index in [4.69, 9.17) is 5.73 Å². The van der Waals surface area contributed by atoms with Gasteiger partial charge in [-0.2, -0.15) is 5.10 Å². The van der Waals surface area contributed by atoms with Crippen molar-refractivity contribution in [2.75, 3.05) is 0 Å². The lowest BCUT2D eigenvalue weighted by Crippen LogP contribution is -2.18. The lowest BCUT2D eigenvalue weighted by molar-refractivity contribution is 0.546. The Hall–Kier alpha value is -1.55. The third-order valence-corrected chi connectivity index (χ3v) is 3.88. The molecule has 0 spiro atoms. The van der Waals surface area contributed by atoms with Crippen molar-refractivity contribution in [1.29, 1.82) is 0 Å². The molecule has 0 bridgehead atoms. The number of aromatic nitrogens is 3. The van der Waals surface area contributed by atoms with Gasteiger partial charge in [0.1, 0.15) is 0 Å². The highest BCUT2D eigenvalue weighted by Crippen LogP contribution is 2.31. The molecule has 2 aromatic heterocycles. The van der Waals surface area contributed by atoms with E-state index in [9.17, 15) is 0 Å². The fourth-order valence-corrected chi connectivity index (χ4v) is 2.96. The molecule has 1 unspecified atom stereocenters. The zero-order valence-electron chi connectivity index (χ0n) is 11.1. The zero-order valence-corrected chi connectivity index (χ0v) is 11.1. The summed E-state index contributed by atoms with van der Waals surface area (Å²) in [6, 6.07) is 2.48. The molecule has 96 valence electrons. The second-order valence-corrected chi connectivity index (χ2v) is 5.29. The lowest BCUT2D eigenvalue weighted by atomic mass is 9.93. The fourth-order valence-electron chi connectivity index (χ4n) is 2.96. The van der Waals surface area contributed by atoms with Gasteiger partial charge in [0.2, 0.25) is 0 Å². The molecule has 2 heterocycles. The van der Waals surface area contributed by atoms with Crippen LogP contribution < -0.4 is 5.73 Å². The molecule has 2 aromatic rings. The third kappa shape index (κ3) is 1.86. The Labute approximate surface area is 107 Å². The van der Waals surface area contributed by atoms with Crippen LogP contribution in [0.15, 0.2) is 18.5 Å². The van der Waals surface area contributed by atoms with E-state index in [1.807, 2.05) is 17.9 Å². The summed E-state index contributed by atoms with van der Waals surface area (Å²) in [5.41, 5.74) is 11.5. The molecular weight excluding hydrogens is 224 g/mol. The minimum atomic E-state index is 0.225. The standard InChI is InChI=1S/C14H20N4/c1-10-6-12-13(15)4-3-5-14(12)18(10)9-11-7-16-17(2)8-11/h6-8,13H,3-5,9,15H2,1-2H3. The second-order valence-electron chi connectivity index (χ2n) is 5.29. The summed E-state index contributed by atoms with van der Waals surface area (Å²) >= 11 is 0. The molecule has 4 nitrogen and oxygen atoms in total. The molecule has 0 amide bonds. The van der Waals surface area contributed by atoms with Crippen LogP contribution in [0.2, 0.25) is 0 Å². The van der Waals surface area contributed by atoms with Gasteiger partial charge in [-0.3, -0.25) is 4.68 Å². The zero-order chi connectivity index (χ0) is 12.7.